The first-order chi connectivity index (χ1) is 37.2. The van der Waals surface area contributed by atoms with Gasteiger partial charge in [-0.1, -0.05) is 342 Å². The molecule has 0 radical (unpaired) electrons. The number of hydrogen-bond acceptors (Lipinski definition) is 3. The van der Waals surface area contributed by atoms with Gasteiger partial charge in [0, 0.05) is 6.42 Å². The molecule has 0 heterocycles. The molecule has 0 aliphatic rings. The Hall–Kier alpha value is -2.69. The van der Waals surface area contributed by atoms with Gasteiger partial charge in [0.25, 0.3) is 0 Å². The van der Waals surface area contributed by atoms with Gasteiger partial charge in [-0.3, -0.25) is 4.79 Å². The zero-order valence-electron chi connectivity index (χ0n) is 50.1. The summed E-state index contributed by atoms with van der Waals surface area (Å²) in [6.07, 6.45) is 97.5. The summed E-state index contributed by atoms with van der Waals surface area (Å²) < 4.78 is 0. The molecule has 4 nitrogen and oxygen atoms in total. The minimum atomic E-state index is -0.850. The average molecular weight is 1040 g/mol. The predicted octanol–water partition coefficient (Wildman–Crippen LogP) is 22.4. The Balaban J connectivity index is 3.52. The van der Waals surface area contributed by atoms with Crippen LogP contribution in [0, 0.1) is 0 Å². The Labute approximate surface area is 468 Å². The minimum absolute atomic E-state index is 0.0704. The first kappa shape index (κ1) is 72.3. The lowest BCUT2D eigenvalue weighted by atomic mass is 10.0. The Morgan fingerprint density at radius 1 is 0.333 bits per heavy atom. The normalized spacial score (nSPS) is 13.4. The number of rotatable bonds is 60. The van der Waals surface area contributed by atoms with Crippen molar-refractivity contribution in [3.8, 4) is 0 Å². The number of unbranched alkanes of at least 4 members (excludes halogenated alkanes) is 39. The monoisotopic (exact) mass is 1040 g/mol. The number of allylic oxidation sites excluding steroid dienone is 15. The van der Waals surface area contributed by atoms with Crippen molar-refractivity contribution in [2.75, 3.05) is 6.61 Å². The van der Waals surface area contributed by atoms with E-state index >= 15 is 0 Å². The summed E-state index contributed by atoms with van der Waals surface area (Å²) in [5.41, 5.74) is 0. The molecule has 0 aliphatic heterocycles. The molecule has 4 heteroatoms. The molecule has 2 atom stereocenters. The quantitative estimate of drug-likeness (QED) is 0.0420. The third kappa shape index (κ3) is 62.0. The minimum Gasteiger partial charge on any atom is -0.394 e. The maximum absolute atomic E-state index is 12.5. The molecule has 0 saturated carbocycles. The van der Waals surface area contributed by atoms with Crippen LogP contribution in [-0.2, 0) is 4.79 Å². The van der Waals surface area contributed by atoms with Gasteiger partial charge in [0.2, 0.25) is 5.91 Å². The Morgan fingerprint density at radius 2 is 0.587 bits per heavy atom. The highest BCUT2D eigenvalue weighted by atomic mass is 16.3. The van der Waals surface area contributed by atoms with Crippen LogP contribution in [0.25, 0.3) is 0 Å². The van der Waals surface area contributed by atoms with Crippen LogP contribution in [0.1, 0.15) is 328 Å². The number of nitrogens with one attached hydrogen (secondary N) is 1. The van der Waals surface area contributed by atoms with E-state index in [4.69, 9.17) is 0 Å². The van der Waals surface area contributed by atoms with Crippen molar-refractivity contribution in [1.29, 1.82) is 0 Å². The van der Waals surface area contributed by atoms with Crippen LogP contribution in [0.4, 0.5) is 0 Å². The van der Waals surface area contributed by atoms with Gasteiger partial charge in [-0.15, -0.1) is 0 Å². The number of amides is 1. The van der Waals surface area contributed by atoms with Crippen LogP contribution in [0.15, 0.2) is 97.2 Å². The summed E-state index contributed by atoms with van der Waals surface area (Å²) in [7, 11) is 0. The van der Waals surface area contributed by atoms with E-state index in [-0.39, 0.29) is 12.5 Å². The van der Waals surface area contributed by atoms with E-state index < -0.39 is 12.1 Å². The van der Waals surface area contributed by atoms with Gasteiger partial charge in [-0.2, -0.15) is 0 Å². The smallest absolute Gasteiger partial charge is 0.220 e. The molecule has 0 aliphatic carbocycles. The van der Waals surface area contributed by atoms with Crippen LogP contribution in [0.5, 0.6) is 0 Å². The van der Waals surface area contributed by atoms with E-state index in [0.717, 1.165) is 70.6 Å². The van der Waals surface area contributed by atoms with E-state index in [9.17, 15) is 15.0 Å². The van der Waals surface area contributed by atoms with E-state index in [2.05, 4.69) is 104 Å². The number of hydrogen-bond donors (Lipinski definition) is 3. The maximum Gasteiger partial charge on any atom is 0.220 e. The lowest BCUT2D eigenvalue weighted by Crippen LogP contribution is -2.45. The number of aliphatic hydroxyl groups is 2. The molecule has 3 N–H and O–H groups in total. The molecule has 0 aromatic rings. The van der Waals surface area contributed by atoms with E-state index in [1.807, 2.05) is 6.08 Å². The molecule has 0 saturated heterocycles. The van der Waals surface area contributed by atoms with Gasteiger partial charge in [-0.25, -0.2) is 0 Å². The molecule has 0 rings (SSSR count). The molecule has 0 aromatic carbocycles. The molecule has 2 unspecified atom stereocenters. The van der Waals surface area contributed by atoms with Crippen molar-refractivity contribution in [3.05, 3.63) is 97.2 Å². The zero-order chi connectivity index (χ0) is 54.1. The van der Waals surface area contributed by atoms with Gasteiger partial charge in [0.15, 0.2) is 0 Å². The SMILES string of the molecule is CC/C=C\C/C=C\C/C=C\C/C=C\C/C=C\C/C=C\C/C=C\CCCCCCCCCCCC(=O)NC(CO)C(O)/C=C/CCCCCCCCCCCCCCCCCCCCCCCCCCCCCCCC. The Kier molecular flexibility index (Phi) is 63.2. The molecule has 0 aromatic heterocycles. The van der Waals surface area contributed by atoms with Crippen LogP contribution in [0.3, 0.4) is 0 Å². The van der Waals surface area contributed by atoms with Gasteiger partial charge < -0.3 is 15.5 Å². The molecule has 75 heavy (non-hydrogen) atoms. The summed E-state index contributed by atoms with van der Waals surface area (Å²) >= 11 is 0. The largest absolute Gasteiger partial charge is 0.394 e. The first-order valence-electron chi connectivity index (χ1n) is 33.0. The lowest BCUT2D eigenvalue weighted by Gasteiger charge is -2.20. The van der Waals surface area contributed by atoms with E-state index in [1.54, 1.807) is 6.08 Å². The number of aliphatic hydroxyl groups excluding tert-OH is 2. The second kappa shape index (κ2) is 65.6. The highest BCUT2D eigenvalue weighted by Crippen LogP contribution is 2.18. The van der Waals surface area contributed by atoms with Crippen LogP contribution < -0.4 is 5.32 Å². The summed E-state index contributed by atoms with van der Waals surface area (Å²) in [4.78, 5) is 12.5. The summed E-state index contributed by atoms with van der Waals surface area (Å²) in [6, 6.07) is -0.634. The summed E-state index contributed by atoms with van der Waals surface area (Å²) in [6.45, 7) is 4.22. The molecule has 0 spiro atoms. The van der Waals surface area contributed by atoms with Gasteiger partial charge in [-0.05, 0) is 77.0 Å². The molecular formula is C71H127NO3. The molecule has 434 valence electrons. The fourth-order valence-electron chi connectivity index (χ4n) is 9.87. The van der Waals surface area contributed by atoms with Crippen molar-refractivity contribution in [2.45, 2.75) is 341 Å². The number of carbonyl (C=O) groups is 1. The fraction of sp³-hybridized carbons (Fsp3) is 0.761. The van der Waals surface area contributed by atoms with Crippen LogP contribution in [-0.4, -0.2) is 34.9 Å². The van der Waals surface area contributed by atoms with Crippen molar-refractivity contribution in [3.63, 3.8) is 0 Å². The lowest BCUT2D eigenvalue weighted by molar-refractivity contribution is -0.123. The summed E-state index contributed by atoms with van der Waals surface area (Å²) in [5, 5.41) is 23.3. The maximum atomic E-state index is 12.5. The highest BCUT2D eigenvalue weighted by molar-refractivity contribution is 5.76. The highest BCUT2D eigenvalue weighted by Gasteiger charge is 2.18. The van der Waals surface area contributed by atoms with Crippen LogP contribution in [0.2, 0.25) is 0 Å². The zero-order valence-corrected chi connectivity index (χ0v) is 50.1. The second-order valence-electron chi connectivity index (χ2n) is 22.2. The Morgan fingerprint density at radius 3 is 0.880 bits per heavy atom. The van der Waals surface area contributed by atoms with Crippen LogP contribution >= 0.6 is 0 Å². The van der Waals surface area contributed by atoms with E-state index in [0.29, 0.717) is 6.42 Å². The topological polar surface area (TPSA) is 69.6 Å². The van der Waals surface area contributed by atoms with Crippen molar-refractivity contribution >= 4 is 5.91 Å². The van der Waals surface area contributed by atoms with Crippen molar-refractivity contribution in [1.82, 2.24) is 5.32 Å². The van der Waals surface area contributed by atoms with Gasteiger partial charge in [0.05, 0.1) is 18.8 Å². The number of carbonyl (C=O) groups excluding carboxylic acids is 1. The second-order valence-corrected chi connectivity index (χ2v) is 22.2. The third-order valence-electron chi connectivity index (χ3n) is 14.8. The first-order valence-corrected chi connectivity index (χ1v) is 33.0. The molecular weight excluding hydrogens is 915 g/mol. The van der Waals surface area contributed by atoms with Crippen molar-refractivity contribution < 1.29 is 15.0 Å². The average Bonchev–Trinajstić information content (AvgIpc) is 3.41. The van der Waals surface area contributed by atoms with Gasteiger partial charge in [0.1, 0.15) is 0 Å². The molecule has 1 amide bonds. The van der Waals surface area contributed by atoms with Gasteiger partial charge >= 0.3 is 0 Å². The summed E-state index contributed by atoms with van der Waals surface area (Å²) in [5.74, 6) is -0.0704. The fourth-order valence-corrected chi connectivity index (χ4v) is 9.87. The van der Waals surface area contributed by atoms with Crippen molar-refractivity contribution in [2.24, 2.45) is 0 Å². The van der Waals surface area contributed by atoms with E-state index in [1.165, 1.54) is 238 Å². The third-order valence-corrected chi connectivity index (χ3v) is 14.8. The Bertz CT molecular complexity index is 1370. The standard InChI is InChI=1S/C71H127NO3/c1-3-5-7-9-11-13-15-17-19-21-23-25-27-29-31-33-35-37-38-40-42-44-46-48-50-52-54-56-58-60-62-64-66-70(74)69(68-73)72-71(75)67-65-63-61-59-57-55-53-51-49-47-45-43-41-39-36-34-32-30-28-26-24-22-20-18-16-14-12-10-8-6-4-2/h6,8,12,14,18,20,24,26,30,32,36,39,43,45,64,66,69-70,73-74H,3-5,7,9-11,13,15-17,19,21-23,25,27-29,31,33-35,37-38,40-42,44,46-63,65,67-68H2,1-2H3,(H,72,75)/b8-6-,14-12-,20-18-,26-24-,32-30-,39-36-,45-43-,66-64+. The molecule has 0 fully saturated rings. The predicted molar refractivity (Wildman–Crippen MR) is 336 cm³/mol. The molecule has 0 bridgehead atoms.